The van der Waals surface area contributed by atoms with Crippen molar-refractivity contribution in [3.05, 3.63) is 70.3 Å². The fourth-order valence-electron chi connectivity index (χ4n) is 3.20. The largest absolute Gasteiger partial charge is 0.384 e. The lowest BCUT2D eigenvalue weighted by molar-refractivity contribution is 0.814. The summed E-state index contributed by atoms with van der Waals surface area (Å²) in [6.45, 7) is 2.82. The molecule has 3 N–H and O–H groups in total. The molecule has 1 heterocycles. The first-order chi connectivity index (χ1) is 12.1. The second kappa shape index (κ2) is 10.1. The number of rotatable bonds is 5. The van der Waals surface area contributed by atoms with Crippen molar-refractivity contribution in [2.24, 2.45) is 0 Å². The van der Waals surface area contributed by atoms with Crippen molar-refractivity contribution in [3.63, 3.8) is 0 Å². The Morgan fingerprint density at radius 2 is 1.70 bits per heavy atom. The lowest BCUT2D eigenvalue weighted by atomic mass is 9.99. The van der Waals surface area contributed by atoms with E-state index < -0.39 is 0 Å². The van der Waals surface area contributed by atoms with Gasteiger partial charge in [0.15, 0.2) is 0 Å². The molecule has 0 fully saturated rings. The summed E-state index contributed by atoms with van der Waals surface area (Å²) in [6.07, 6.45) is 1.79. The van der Waals surface area contributed by atoms with Gasteiger partial charge in [0, 0.05) is 11.9 Å². The van der Waals surface area contributed by atoms with Gasteiger partial charge in [-0.15, -0.1) is 24.8 Å². The smallest absolute Gasteiger partial charge is 0.124 e. The topological polar surface area (TPSA) is 74.7 Å². The van der Waals surface area contributed by atoms with Gasteiger partial charge in [-0.2, -0.15) is 5.26 Å². The highest BCUT2D eigenvalue weighted by Crippen LogP contribution is 2.21. The molecule has 3 rings (SSSR count). The molecule has 0 unspecified atom stereocenters. The second-order valence-corrected chi connectivity index (χ2v) is 6.40. The Kier molecular flexibility index (Phi) is 8.52. The summed E-state index contributed by atoms with van der Waals surface area (Å²) in [5.41, 5.74) is 12.2. The van der Waals surface area contributed by atoms with E-state index in [2.05, 4.69) is 47.6 Å². The minimum Gasteiger partial charge on any atom is -0.384 e. The molecule has 0 aliphatic heterocycles. The van der Waals surface area contributed by atoms with Crippen LogP contribution in [0.15, 0.2) is 42.5 Å². The maximum absolute atomic E-state index is 9.22. The van der Waals surface area contributed by atoms with Crippen molar-refractivity contribution in [1.82, 2.24) is 10.3 Å². The number of hydrogen-bond donors (Lipinski definition) is 2. The number of nitrogen functional groups attached to an aromatic ring is 1. The number of aromatic nitrogens is 1. The van der Waals surface area contributed by atoms with Gasteiger partial charge in [0.05, 0.1) is 17.1 Å². The van der Waals surface area contributed by atoms with Gasteiger partial charge in [0.25, 0.3) is 0 Å². The third-order valence-electron chi connectivity index (χ3n) is 4.37. The monoisotopic (exact) mass is 402 g/mol. The number of halogens is 2. The lowest BCUT2D eigenvalue weighted by Gasteiger charge is -2.09. The van der Waals surface area contributed by atoms with E-state index in [1.54, 1.807) is 0 Å². The molecule has 0 saturated carbocycles. The van der Waals surface area contributed by atoms with Crippen LogP contribution in [0.2, 0.25) is 0 Å². The molecule has 0 radical (unpaired) electrons. The average Bonchev–Trinajstić information content (AvgIpc) is 2.59. The quantitative estimate of drug-likeness (QED) is 0.665. The Bertz CT molecular complexity index is 964. The number of fused-ring (bicyclic) bond motifs is 1. The van der Waals surface area contributed by atoms with E-state index in [1.165, 1.54) is 11.1 Å². The number of nitrogens with one attached hydrogen (secondary N) is 1. The number of nitrogens with zero attached hydrogens (tertiary/aromatic N) is 2. The van der Waals surface area contributed by atoms with Crippen molar-refractivity contribution in [3.8, 4) is 6.07 Å². The van der Waals surface area contributed by atoms with Crippen LogP contribution in [-0.4, -0.2) is 12.0 Å². The minimum absolute atomic E-state index is 0. The van der Waals surface area contributed by atoms with Gasteiger partial charge in [0.1, 0.15) is 5.82 Å². The Labute approximate surface area is 172 Å². The molecule has 142 valence electrons. The molecule has 3 aromatic rings. The van der Waals surface area contributed by atoms with Gasteiger partial charge in [0.2, 0.25) is 0 Å². The van der Waals surface area contributed by atoms with Crippen molar-refractivity contribution in [1.29, 1.82) is 5.26 Å². The SMILES string of the molecule is CNCc1cc(C#N)cc(CCc2ccc3c(C)cc(N)nc3c2)c1.Cl.Cl. The number of aryl methyl sites for hydroxylation is 3. The highest BCUT2D eigenvalue weighted by molar-refractivity contribution is 5.86. The fraction of sp³-hybridized carbons (Fsp3) is 0.238. The maximum atomic E-state index is 9.22. The van der Waals surface area contributed by atoms with Gasteiger partial charge in [-0.05, 0) is 73.3 Å². The zero-order valence-corrected chi connectivity index (χ0v) is 17.1. The zero-order chi connectivity index (χ0) is 17.8. The first-order valence-electron chi connectivity index (χ1n) is 8.42. The van der Waals surface area contributed by atoms with Gasteiger partial charge in [-0.1, -0.05) is 18.2 Å². The summed E-state index contributed by atoms with van der Waals surface area (Å²) in [5.74, 6) is 0.556. The highest BCUT2D eigenvalue weighted by atomic mass is 35.5. The van der Waals surface area contributed by atoms with Crippen LogP contribution in [0.3, 0.4) is 0 Å². The van der Waals surface area contributed by atoms with E-state index in [9.17, 15) is 5.26 Å². The van der Waals surface area contributed by atoms with Crippen LogP contribution in [0.5, 0.6) is 0 Å². The highest BCUT2D eigenvalue weighted by Gasteiger charge is 2.05. The van der Waals surface area contributed by atoms with E-state index in [4.69, 9.17) is 5.73 Å². The summed E-state index contributed by atoms with van der Waals surface area (Å²) < 4.78 is 0. The molecule has 0 spiro atoms. The Morgan fingerprint density at radius 1 is 1.00 bits per heavy atom. The van der Waals surface area contributed by atoms with Gasteiger partial charge in [-0.25, -0.2) is 4.98 Å². The second-order valence-electron chi connectivity index (χ2n) is 6.40. The first kappa shape index (κ1) is 22.7. The first-order valence-corrected chi connectivity index (χ1v) is 8.42. The van der Waals surface area contributed by atoms with E-state index >= 15 is 0 Å². The molecule has 2 aromatic carbocycles. The van der Waals surface area contributed by atoms with E-state index in [1.807, 2.05) is 25.2 Å². The van der Waals surface area contributed by atoms with Crippen molar-refractivity contribution in [2.75, 3.05) is 12.8 Å². The number of hydrogen-bond acceptors (Lipinski definition) is 4. The van der Waals surface area contributed by atoms with Gasteiger partial charge < -0.3 is 11.1 Å². The lowest BCUT2D eigenvalue weighted by Crippen LogP contribution is -2.06. The normalized spacial score (nSPS) is 9.96. The summed E-state index contributed by atoms with van der Waals surface area (Å²) >= 11 is 0. The minimum atomic E-state index is 0. The van der Waals surface area contributed by atoms with Crippen LogP contribution in [0.4, 0.5) is 5.82 Å². The Balaban J connectivity index is 0.00000182. The molecule has 0 amide bonds. The van der Waals surface area contributed by atoms with Gasteiger partial charge >= 0.3 is 0 Å². The molecule has 0 saturated heterocycles. The summed E-state index contributed by atoms with van der Waals surface area (Å²) in [7, 11) is 1.91. The predicted octanol–water partition coefficient (Wildman–Crippen LogP) is 4.35. The third-order valence-corrected chi connectivity index (χ3v) is 4.37. The van der Waals surface area contributed by atoms with Crippen LogP contribution in [0.25, 0.3) is 10.9 Å². The van der Waals surface area contributed by atoms with Crippen LogP contribution < -0.4 is 11.1 Å². The van der Waals surface area contributed by atoms with Crippen molar-refractivity contribution >= 4 is 41.5 Å². The third kappa shape index (κ3) is 5.58. The molecular weight excluding hydrogens is 379 g/mol. The van der Waals surface area contributed by atoms with E-state index in [0.29, 0.717) is 11.4 Å². The fourth-order valence-corrected chi connectivity index (χ4v) is 3.20. The Morgan fingerprint density at radius 3 is 2.41 bits per heavy atom. The van der Waals surface area contributed by atoms with Crippen molar-refractivity contribution in [2.45, 2.75) is 26.3 Å². The molecule has 6 heteroatoms. The van der Waals surface area contributed by atoms with Crippen molar-refractivity contribution < 1.29 is 0 Å². The van der Waals surface area contributed by atoms with Crippen LogP contribution in [-0.2, 0) is 19.4 Å². The van der Waals surface area contributed by atoms with Crippen LogP contribution >= 0.6 is 24.8 Å². The molecule has 0 atom stereocenters. The number of nitrogens with two attached hydrogens (primary N) is 1. The zero-order valence-electron chi connectivity index (χ0n) is 15.5. The molecule has 0 bridgehead atoms. The number of anilines is 1. The van der Waals surface area contributed by atoms with Gasteiger partial charge in [-0.3, -0.25) is 0 Å². The predicted molar refractivity (Wildman–Crippen MR) is 117 cm³/mol. The number of benzene rings is 2. The molecule has 0 aliphatic carbocycles. The Hall–Kier alpha value is -2.32. The van der Waals surface area contributed by atoms with Crippen LogP contribution in [0.1, 0.15) is 27.8 Å². The summed E-state index contributed by atoms with van der Waals surface area (Å²) in [4.78, 5) is 4.44. The summed E-state index contributed by atoms with van der Waals surface area (Å²) in [5, 5.41) is 13.5. The number of pyridine rings is 1. The standard InChI is InChI=1S/C21H22N4.2ClH/c1-14-7-21(23)25-20-11-15(5-6-19(14)20)3-4-16-8-17(12-22)10-18(9-16)13-24-2;;/h5-11,24H,3-4,13H2,1-2H3,(H2,23,25);2*1H. The molecule has 1 aromatic heterocycles. The maximum Gasteiger partial charge on any atom is 0.124 e. The van der Waals surface area contributed by atoms with E-state index in [-0.39, 0.29) is 24.8 Å². The average molecular weight is 403 g/mol. The molecule has 4 nitrogen and oxygen atoms in total. The number of nitriles is 1. The van der Waals surface area contributed by atoms with Crippen LogP contribution in [0, 0.1) is 18.3 Å². The molecule has 0 aliphatic rings. The van der Waals surface area contributed by atoms with E-state index in [0.717, 1.165) is 41.4 Å². The summed E-state index contributed by atoms with van der Waals surface area (Å²) in [6, 6.07) is 16.6. The molecule has 27 heavy (non-hydrogen) atoms. The molecular formula is C21H24Cl2N4.